The normalized spacial score (nSPS) is 25.2. The number of fused-ring (bicyclic) bond motifs is 4. The lowest BCUT2D eigenvalue weighted by atomic mass is 9.66. The van der Waals surface area contributed by atoms with E-state index in [0.29, 0.717) is 35.1 Å². The molecule has 0 atom stereocenters. The summed E-state index contributed by atoms with van der Waals surface area (Å²) in [7, 11) is 0. The van der Waals surface area contributed by atoms with E-state index in [1.807, 2.05) is 16.7 Å². The van der Waals surface area contributed by atoms with E-state index in [0.717, 1.165) is 49.9 Å². The Morgan fingerprint density at radius 3 is 2.47 bits per heavy atom. The highest BCUT2D eigenvalue weighted by atomic mass is 19.3. The van der Waals surface area contributed by atoms with E-state index in [2.05, 4.69) is 4.98 Å². The minimum absolute atomic E-state index is 0.0190. The van der Waals surface area contributed by atoms with Crippen molar-refractivity contribution in [3.63, 3.8) is 0 Å². The van der Waals surface area contributed by atoms with Crippen LogP contribution in [0.25, 0.3) is 16.8 Å². The molecular weight excluding hydrogens is 486 g/mol. The highest BCUT2D eigenvalue weighted by molar-refractivity contribution is 5.85. The Labute approximate surface area is 219 Å². The maximum absolute atomic E-state index is 15.5. The quantitative estimate of drug-likeness (QED) is 0.350. The molecule has 0 spiro atoms. The summed E-state index contributed by atoms with van der Waals surface area (Å²) in [5.41, 5.74) is 8.53. The van der Waals surface area contributed by atoms with Crippen LogP contribution in [0.4, 0.5) is 14.6 Å². The Kier molecular flexibility index (Phi) is 5.20. The standard InChI is InChI=1S/C30H30F2N4O2/c31-30(32,23-3-1-2-21(16-23)19-4-5-19)22-8-6-20(7-9-22)24-25-26(33)34-14-15-36(25)27(35-24)28-10-12-29(17-37,13-11-28)38-18-28/h1-3,6-9,14-16,19,37H,4-5,10-13,17-18H2,(H2,33,34). The van der Waals surface area contributed by atoms with Crippen LogP contribution in [0, 0.1) is 0 Å². The smallest absolute Gasteiger partial charge is 0.298 e. The zero-order chi connectivity index (χ0) is 26.1. The van der Waals surface area contributed by atoms with Gasteiger partial charge in [0.15, 0.2) is 0 Å². The van der Waals surface area contributed by atoms with Crippen LogP contribution in [-0.2, 0) is 16.1 Å². The fraction of sp³-hybridized carbons (Fsp3) is 0.400. The van der Waals surface area contributed by atoms with Gasteiger partial charge in [0, 0.05) is 29.1 Å². The number of aliphatic hydroxyl groups excluding tert-OH is 1. The molecule has 4 fully saturated rings. The summed E-state index contributed by atoms with van der Waals surface area (Å²) in [4.78, 5) is 9.35. The first kappa shape index (κ1) is 23.7. The van der Waals surface area contributed by atoms with E-state index < -0.39 is 11.5 Å². The summed E-state index contributed by atoms with van der Waals surface area (Å²) >= 11 is 0. The number of hydrogen-bond donors (Lipinski definition) is 2. The van der Waals surface area contributed by atoms with E-state index in [-0.39, 0.29) is 23.1 Å². The van der Waals surface area contributed by atoms with Crippen molar-refractivity contribution in [3.05, 3.63) is 83.4 Å². The van der Waals surface area contributed by atoms with Crippen molar-refractivity contribution in [1.82, 2.24) is 14.4 Å². The number of aliphatic hydroxyl groups is 1. The predicted molar refractivity (Wildman–Crippen MR) is 140 cm³/mol. The van der Waals surface area contributed by atoms with Gasteiger partial charge < -0.3 is 15.6 Å². The van der Waals surface area contributed by atoms with E-state index >= 15 is 8.78 Å². The number of benzene rings is 2. The first-order chi connectivity index (χ1) is 18.3. The SMILES string of the molecule is Nc1nccn2c(C34CCC(CO)(CC3)OC4)nc(-c3ccc(C(F)(F)c4cccc(C5CC5)c4)cc3)c12. The number of nitrogen functional groups attached to an aromatic ring is 1. The van der Waals surface area contributed by atoms with Crippen LogP contribution in [0.2, 0.25) is 0 Å². The molecule has 8 rings (SSSR count). The summed E-state index contributed by atoms with van der Waals surface area (Å²) in [5, 5.41) is 9.85. The first-order valence-electron chi connectivity index (χ1n) is 13.3. The Morgan fingerprint density at radius 2 is 1.82 bits per heavy atom. The van der Waals surface area contributed by atoms with Crippen LogP contribution in [0.3, 0.4) is 0 Å². The van der Waals surface area contributed by atoms with E-state index in [1.54, 1.807) is 30.5 Å². The molecule has 6 nitrogen and oxygen atoms in total. The molecule has 3 N–H and O–H groups in total. The minimum atomic E-state index is -3.11. The van der Waals surface area contributed by atoms with Crippen LogP contribution in [0.1, 0.15) is 67.0 Å². The van der Waals surface area contributed by atoms with Crippen molar-refractivity contribution in [2.45, 2.75) is 61.4 Å². The third kappa shape index (κ3) is 3.57. The molecule has 0 radical (unpaired) electrons. The predicted octanol–water partition coefficient (Wildman–Crippen LogP) is 5.57. The number of alkyl halides is 2. The van der Waals surface area contributed by atoms with Gasteiger partial charge in [-0.15, -0.1) is 0 Å². The summed E-state index contributed by atoms with van der Waals surface area (Å²) in [6.45, 7) is 0.495. The number of nitrogens with zero attached hydrogens (tertiary/aromatic N) is 3. The summed E-state index contributed by atoms with van der Waals surface area (Å²) < 4.78 is 39.2. The molecule has 8 heteroatoms. The molecule has 38 heavy (non-hydrogen) atoms. The van der Waals surface area contributed by atoms with Crippen LogP contribution in [-0.4, -0.2) is 38.3 Å². The van der Waals surface area contributed by atoms with Gasteiger partial charge in [-0.1, -0.05) is 42.5 Å². The Bertz CT molecular complexity index is 1500. The number of aromatic nitrogens is 3. The van der Waals surface area contributed by atoms with E-state index in [9.17, 15) is 5.11 Å². The van der Waals surface area contributed by atoms with E-state index in [1.165, 1.54) is 18.2 Å². The third-order valence-corrected chi connectivity index (χ3v) is 8.94. The van der Waals surface area contributed by atoms with Crippen molar-refractivity contribution in [3.8, 4) is 11.3 Å². The Morgan fingerprint density at radius 1 is 1.05 bits per heavy atom. The lowest BCUT2D eigenvalue weighted by Gasteiger charge is -2.51. The van der Waals surface area contributed by atoms with Gasteiger partial charge in [0.25, 0.3) is 5.92 Å². The molecule has 2 saturated carbocycles. The number of anilines is 1. The lowest BCUT2D eigenvalue weighted by molar-refractivity contribution is -0.177. The molecule has 196 valence electrons. The first-order valence-corrected chi connectivity index (χ1v) is 13.3. The van der Waals surface area contributed by atoms with Gasteiger partial charge in [0.1, 0.15) is 22.9 Å². The number of hydrogen-bond acceptors (Lipinski definition) is 5. The number of rotatable bonds is 6. The van der Waals surface area contributed by atoms with Gasteiger partial charge in [0.2, 0.25) is 0 Å². The zero-order valence-corrected chi connectivity index (χ0v) is 21.0. The van der Waals surface area contributed by atoms with Crippen molar-refractivity contribution in [2.75, 3.05) is 18.9 Å². The zero-order valence-electron chi connectivity index (χ0n) is 21.0. The molecule has 2 saturated heterocycles. The monoisotopic (exact) mass is 516 g/mol. The second-order valence-corrected chi connectivity index (χ2v) is 11.3. The van der Waals surface area contributed by atoms with Gasteiger partial charge >= 0.3 is 0 Å². The molecule has 2 aromatic heterocycles. The Hall–Kier alpha value is -3.36. The average molecular weight is 517 g/mol. The van der Waals surface area contributed by atoms with Crippen LogP contribution in [0.5, 0.6) is 0 Å². The summed E-state index contributed by atoms with van der Waals surface area (Å²) in [6.07, 6.45) is 8.86. The maximum Gasteiger partial charge on any atom is 0.298 e. The van der Waals surface area contributed by atoms with Crippen molar-refractivity contribution in [1.29, 1.82) is 0 Å². The number of imidazole rings is 1. The third-order valence-electron chi connectivity index (χ3n) is 8.94. The Balaban J connectivity index is 1.26. The molecule has 4 aromatic rings. The summed E-state index contributed by atoms with van der Waals surface area (Å²) in [5.74, 6) is -1.52. The fourth-order valence-corrected chi connectivity index (χ4v) is 6.30. The molecule has 0 amide bonds. The number of ether oxygens (including phenoxy) is 1. The maximum atomic E-state index is 15.5. The van der Waals surface area contributed by atoms with Gasteiger partial charge in [0.05, 0.1) is 24.2 Å². The van der Waals surface area contributed by atoms with Crippen LogP contribution >= 0.6 is 0 Å². The summed E-state index contributed by atoms with van der Waals surface area (Å²) in [6, 6.07) is 13.2. The van der Waals surface area contributed by atoms with Gasteiger partial charge in [-0.2, -0.15) is 8.78 Å². The highest BCUT2D eigenvalue weighted by Gasteiger charge is 2.52. The molecule has 0 unspecified atom stereocenters. The molecular formula is C30H30F2N4O2. The molecule has 2 aliphatic heterocycles. The molecule has 4 aliphatic rings. The largest absolute Gasteiger partial charge is 0.393 e. The van der Waals surface area contributed by atoms with Crippen molar-refractivity contribution < 1.29 is 18.6 Å². The van der Waals surface area contributed by atoms with Crippen LogP contribution in [0.15, 0.2) is 60.9 Å². The van der Waals surface area contributed by atoms with Crippen molar-refractivity contribution in [2.24, 2.45) is 0 Å². The molecule has 2 bridgehead atoms. The average Bonchev–Trinajstić information content (AvgIpc) is 3.74. The second kappa shape index (κ2) is 8.32. The topological polar surface area (TPSA) is 85.7 Å². The molecule has 2 aromatic carbocycles. The van der Waals surface area contributed by atoms with Crippen LogP contribution < -0.4 is 5.73 Å². The second-order valence-electron chi connectivity index (χ2n) is 11.3. The lowest BCUT2D eigenvalue weighted by Crippen LogP contribution is -2.55. The molecule has 2 aliphatic carbocycles. The van der Waals surface area contributed by atoms with Gasteiger partial charge in [-0.3, -0.25) is 4.40 Å². The van der Waals surface area contributed by atoms with Gasteiger partial charge in [-0.05, 0) is 56.1 Å². The van der Waals surface area contributed by atoms with Crippen molar-refractivity contribution >= 4 is 11.3 Å². The number of nitrogens with two attached hydrogens (primary N) is 1. The van der Waals surface area contributed by atoms with Gasteiger partial charge in [-0.25, -0.2) is 9.97 Å². The minimum Gasteiger partial charge on any atom is -0.393 e. The molecule has 4 heterocycles. The highest BCUT2D eigenvalue weighted by Crippen LogP contribution is 2.51. The number of halogens is 2. The van der Waals surface area contributed by atoms with E-state index in [4.69, 9.17) is 15.5 Å². The fourth-order valence-electron chi connectivity index (χ4n) is 6.30.